The molecule has 0 heterocycles. The first-order valence-corrected chi connectivity index (χ1v) is 27.9. The Morgan fingerprint density at radius 3 is 0.924 bits per heavy atom. The number of hydrogen-bond acceptors (Lipinski definition) is 6. The molecule has 0 aliphatic rings. The number of hydrogen-bond donors (Lipinski definition) is 0. The fourth-order valence-corrected chi connectivity index (χ4v) is 7.80. The highest BCUT2D eigenvalue weighted by atomic mass is 16.6. The number of rotatable bonds is 50. The number of carbonyl (C=O) groups is 3. The zero-order chi connectivity index (χ0) is 47.9. The van der Waals surface area contributed by atoms with Crippen LogP contribution in [0.5, 0.6) is 0 Å². The molecule has 1 unspecified atom stereocenters. The first-order chi connectivity index (χ1) is 32.5. The molecule has 0 aromatic heterocycles. The SMILES string of the molecule is CC/C=C\C/C=C\C/C=C\C/C=C\C/C=C\C/C=C\CCCCCCCCCCCCC(=O)OCC(COC(=O)CCCCCCCCCCC)OC(=O)CCCCCCCCCCCC. The van der Waals surface area contributed by atoms with Crippen LogP contribution in [0, 0.1) is 0 Å². The van der Waals surface area contributed by atoms with Crippen molar-refractivity contribution in [2.45, 2.75) is 277 Å². The van der Waals surface area contributed by atoms with Crippen LogP contribution in [0.3, 0.4) is 0 Å². The lowest BCUT2D eigenvalue weighted by Crippen LogP contribution is -2.30. The lowest BCUT2D eigenvalue weighted by atomic mass is 10.1. The second-order valence-electron chi connectivity index (χ2n) is 18.5. The summed E-state index contributed by atoms with van der Waals surface area (Å²) >= 11 is 0. The van der Waals surface area contributed by atoms with Crippen LogP contribution in [0.4, 0.5) is 0 Å². The van der Waals surface area contributed by atoms with Crippen molar-refractivity contribution in [3.8, 4) is 0 Å². The predicted octanol–water partition coefficient (Wildman–Crippen LogP) is 18.6. The second kappa shape index (κ2) is 54.5. The average molecular weight is 921 g/mol. The summed E-state index contributed by atoms with van der Waals surface area (Å²) in [6.07, 6.45) is 69.1. The summed E-state index contributed by atoms with van der Waals surface area (Å²) in [6, 6.07) is 0. The molecule has 0 radical (unpaired) electrons. The molecule has 6 nitrogen and oxygen atoms in total. The molecule has 0 N–H and O–H groups in total. The summed E-state index contributed by atoms with van der Waals surface area (Å²) in [4.78, 5) is 37.9. The van der Waals surface area contributed by atoms with E-state index in [-0.39, 0.29) is 31.1 Å². The maximum absolute atomic E-state index is 12.7. The minimum atomic E-state index is -0.770. The van der Waals surface area contributed by atoms with Crippen LogP contribution in [0.2, 0.25) is 0 Å². The number of ether oxygens (including phenoxy) is 3. The molecule has 0 rings (SSSR count). The van der Waals surface area contributed by atoms with Crippen molar-refractivity contribution in [1.82, 2.24) is 0 Å². The Kier molecular flexibility index (Phi) is 51.9. The Morgan fingerprint density at radius 2 is 0.591 bits per heavy atom. The highest BCUT2D eigenvalue weighted by Gasteiger charge is 2.19. The second-order valence-corrected chi connectivity index (χ2v) is 18.5. The maximum Gasteiger partial charge on any atom is 0.306 e. The van der Waals surface area contributed by atoms with Crippen molar-refractivity contribution < 1.29 is 28.6 Å². The van der Waals surface area contributed by atoms with Gasteiger partial charge < -0.3 is 14.2 Å². The summed E-state index contributed by atoms with van der Waals surface area (Å²) in [5.41, 5.74) is 0. The zero-order valence-electron chi connectivity index (χ0n) is 43.4. The fourth-order valence-electron chi connectivity index (χ4n) is 7.80. The quantitative estimate of drug-likeness (QED) is 0.0262. The van der Waals surface area contributed by atoms with Crippen molar-refractivity contribution in [3.63, 3.8) is 0 Å². The molecule has 0 aromatic rings. The first kappa shape index (κ1) is 62.8. The van der Waals surface area contributed by atoms with Crippen LogP contribution in [-0.2, 0) is 28.6 Å². The van der Waals surface area contributed by atoms with Gasteiger partial charge in [-0.1, -0.05) is 254 Å². The molecule has 0 saturated heterocycles. The van der Waals surface area contributed by atoms with E-state index in [2.05, 4.69) is 93.7 Å². The van der Waals surface area contributed by atoms with Gasteiger partial charge in [0.1, 0.15) is 13.2 Å². The molecule has 0 aliphatic carbocycles. The smallest absolute Gasteiger partial charge is 0.306 e. The Labute approximate surface area is 408 Å². The minimum Gasteiger partial charge on any atom is -0.462 e. The van der Waals surface area contributed by atoms with Crippen LogP contribution in [-0.4, -0.2) is 37.2 Å². The van der Waals surface area contributed by atoms with E-state index in [9.17, 15) is 14.4 Å². The van der Waals surface area contributed by atoms with Crippen molar-refractivity contribution in [2.24, 2.45) is 0 Å². The Morgan fingerprint density at radius 1 is 0.318 bits per heavy atom. The molecule has 6 heteroatoms. The van der Waals surface area contributed by atoms with Crippen LogP contribution in [0.1, 0.15) is 271 Å². The number of allylic oxidation sites excluding steroid dienone is 12. The molecule has 0 fully saturated rings. The molecule has 0 bridgehead atoms. The van der Waals surface area contributed by atoms with E-state index in [0.717, 1.165) is 96.3 Å². The molecule has 0 spiro atoms. The summed E-state index contributed by atoms with van der Waals surface area (Å²) in [5.74, 6) is -0.876. The Balaban J connectivity index is 4.11. The van der Waals surface area contributed by atoms with Gasteiger partial charge in [-0.2, -0.15) is 0 Å². The molecule has 0 aromatic carbocycles. The third-order valence-corrected chi connectivity index (χ3v) is 12.0. The van der Waals surface area contributed by atoms with Gasteiger partial charge in [-0.3, -0.25) is 14.4 Å². The van der Waals surface area contributed by atoms with Gasteiger partial charge in [-0.25, -0.2) is 0 Å². The van der Waals surface area contributed by atoms with Crippen LogP contribution < -0.4 is 0 Å². The van der Waals surface area contributed by atoms with E-state index in [1.165, 1.54) is 135 Å². The van der Waals surface area contributed by atoms with Crippen LogP contribution in [0.15, 0.2) is 72.9 Å². The Bertz CT molecular complexity index is 1240. The molecule has 0 saturated carbocycles. The minimum absolute atomic E-state index is 0.0726. The van der Waals surface area contributed by atoms with Gasteiger partial charge in [0.25, 0.3) is 0 Å². The monoisotopic (exact) mass is 921 g/mol. The lowest BCUT2D eigenvalue weighted by Gasteiger charge is -2.18. The largest absolute Gasteiger partial charge is 0.462 e. The molecular formula is C60H104O6. The van der Waals surface area contributed by atoms with Crippen molar-refractivity contribution >= 4 is 17.9 Å². The summed E-state index contributed by atoms with van der Waals surface area (Å²) in [5, 5.41) is 0. The van der Waals surface area contributed by atoms with Gasteiger partial charge in [0.2, 0.25) is 0 Å². The summed E-state index contributed by atoms with van der Waals surface area (Å²) < 4.78 is 16.8. The van der Waals surface area contributed by atoms with E-state index in [4.69, 9.17) is 14.2 Å². The van der Waals surface area contributed by atoms with E-state index in [0.29, 0.717) is 19.3 Å². The zero-order valence-corrected chi connectivity index (χ0v) is 43.4. The third kappa shape index (κ3) is 51.8. The summed E-state index contributed by atoms with van der Waals surface area (Å²) in [6.45, 7) is 6.50. The molecule has 0 amide bonds. The van der Waals surface area contributed by atoms with Crippen molar-refractivity contribution in [3.05, 3.63) is 72.9 Å². The highest BCUT2D eigenvalue weighted by Crippen LogP contribution is 2.15. The standard InChI is InChI=1S/C60H104O6/c1-4-7-10-13-16-19-21-22-23-24-25-26-27-28-29-30-31-32-33-34-35-36-37-38-39-42-44-47-50-53-59(62)65-56-57(55-64-58(61)52-49-46-43-40-18-15-12-9-6-3)66-60(63)54-51-48-45-41-20-17-14-11-8-5-2/h7,10,16,19,22-23,25-26,28-29,31-32,57H,4-6,8-9,11-15,17-18,20-21,24,27,30,33-56H2,1-3H3/b10-7-,19-16-,23-22-,26-25-,29-28-,32-31-. The van der Waals surface area contributed by atoms with E-state index in [1.54, 1.807) is 0 Å². The molecule has 0 aliphatic heterocycles. The van der Waals surface area contributed by atoms with Crippen LogP contribution in [0.25, 0.3) is 0 Å². The van der Waals surface area contributed by atoms with Gasteiger partial charge in [-0.15, -0.1) is 0 Å². The molecule has 380 valence electrons. The maximum atomic E-state index is 12.7. The summed E-state index contributed by atoms with van der Waals surface area (Å²) in [7, 11) is 0. The van der Waals surface area contributed by atoms with Crippen molar-refractivity contribution in [1.29, 1.82) is 0 Å². The lowest BCUT2D eigenvalue weighted by molar-refractivity contribution is -0.167. The first-order valence-electron chi connectivity index (χ1n) is 27.9. The van der Waals surface area contributed by atoms with Gasteiger partial charge in [-0.05, 0) is 70.6 Å². The van der Waals surface area contributed by atoms with E-state index < -0.39 is 6.10 Å². The highest BCUT2D eigenvalue weighted by molar-refractivity contribution is 5.71. The fraction of sp³-hybridized carbons (Fsp3) is 0.750. The van der Waals surface area contributed by atoms with Gasteiger partial charge in [0.05, 0.1) is 0 Å². The number of carbonyl (C=O) groups excluding carboxylic acids is 3. The third-order valence-electron chi connectivity index (χ3n) is 12.0. The molecule has 66 heavy (non-hydrogen) atoms. The van der Waals surface area contributed by atoms with Crippen molar-refractivity contribution in [2.75, 3.05) is 13.2 Å². The Hall–Kier alpha value is -3.15. The normalized spacial score (nSPS) is 12.6. The van der Waals surface area contributed by atoms with Crippen LogP contribution >= 0.6 is 0 Å². The number of esters is 3. The van der Waals surface area contributed by atoms with Gasteiger partial charge in [0.15, 0.2) is 6.10 Å². The van der Waals surface area contributed by atoms with Gasteiger partial charge >= 0.3 is 17.9 Å². The molecule has 1 atom stereocenters. The number of unbranched alkanes of at least 4 members (excludes halogenated alkanes) is 27. The van der Waals surface area contributed by atoms with E-state index >= 15 is 0 Å². The topological polar surface area (TPSA) is 78.9 Å². The average Bonchev–Trinajstić information content (AvgIpc) is 3.31. The van der Waals surface area contributed by atoms with E-state index in [1.807, 2.05) is 0 Å². The molecular weight excluding hydrogens is 817 g/mol. The predicted molar refractivity (Wildman–Crippen MR) is 284 cm³/mol. The van der Waals surface area contributed by atoms with Gasteiger partial charge in [0, 0.05) is 19.3 Å².